The van der Waals surface area contributed by atoms with E-state index in [4.69, 9.17) is 0 Å². The molecule has 2 heteroatoms. The first-order chi connectivity index (χ1) is 9.60. The first-order valence-corrected chi connectivity index (χ1v) is 7.95. The summed E-state index contributed by atoms with van der Waals surface area (Å²) in [5, 5.41) is 9.50. The lowest BCUT2D eigenvalue weighted by atomic mass is 9.92. The lowest BCUT2D eigenvalue weighted by Crippen LogP contribution is -2.08. The Bertz CT molecular complexity index is 435. The van der Waals surface area contributed by atoms with Gasteiger partial charge < -0.3 is 5.11 Å². The van der Waals surface area contributed by atoms with Crippen molar-refractivity contribution in [2.45, 2.75) is 72.1 Å². The highest BCUT2D eigenvalue weighted by Crippen LogP contribution is 2.22. The van der Waals surface area contributed by atoms with Crippen molar-refractivity contribution in [2.75, 3.05) is 0 Å². The summed E-state index contributed by atoms with van der Waals surface area (Å²) < 4.78 is 0. The van der Waals surface area contributed by atoms with Gasteiger partial charge in [-0.1, -0.05) is 63.6 Å². The molecule has 0 bridgehead atoms. The van der Waals surface area contributed by atoms with Crippen molar-refractivity contribution in [2.24, 2.45) is 0 Å². The van der Waals surface area contributed by atoms with Gasteiger partial charge in [0.25, 0.3) is 0 Å². The van der Waals surface area contributed by atoms with Crippen LogP contribution < -0.4 is 0 Å². The molecule has 0 radical (unpaired) electrons. The van der Waals surface area contributed by atoms with Gasteiger partial charge >= 0.3 is 5.97 Å². The molecule has 0 saturated carbocycles. The molecule has 20 heavy (non-hydrogen) atoms. The second kappa shape index (κ2) is 8.78. The van der Waals surface area contributed by atoms with Crippen molar-refractivity contribution < 1.29 is 9.90 Å². The minimum absolute atomic E-state index is 0.563. The molecular formula is C18H28O2. The predicted octanol–water partition coefficient (Wildman–Crippen LogP) is 5.16. The number of hydrogen-bond acceptors (Lipinski definition) is 1. The fourth-order valence-corrected chi connectivity index (χ4v) is 2.80. The molecule has 112 valence electrons. The summed E-state index contributed by atoms with van der Waals surface area (Å²) in [5.41, 5.74) is 3.77. The van der Waals surface area contributed by atoms with E-state index in [0.29, 0.717) is 5.56 Å². The van der Waals surface area contributed by atoms with E-state index in [1.165, 1.54) is 31.2 Å². The predicted molar refractivity (Wildman–Crippen MR) is 84.6 cm³/mol. The number of carboxylic acid groups (broad SMARTS) is 1. The van der Waals surface area contributed by atoms with E-state index >= 15 is 0 Å². The maximum absolute atomic E-state index is 11.6. The number of aryl methyl sites for hydroxylation is 3. The van der Waals surface area contributed by atoms with E-state index in [-0.39, 0.29) is 0 Å². The van der Waals surface area contributed by atoms with Crippen molar-refractivity contribution in [1.82, 2.24) is 0 Å². The molecule has 0 aromatic heterocycles. The Morgan fingerprint density at radius 2 is 1.55 bits per heavy atom. The summed E-state index contributed by atoms with van der Waals surface area (Å²) in [6.45, 7) is 6.36. The molecule has 0 aliphatic rings. The normalized spacial score (nSPS) is 10.8. The Morgan fingerprint density at radius 1 is 0.950 bits per heavy atom. The zero-order valence-corrected chi connectivity index (χ0v) is 13.2. The van der Waals surface area contributed by atoms with Gasteiger partial charge in [0.2, 0.25) is 0 Å². The first-order valence-electron chi connectivity index (χ1n) is 7.95. The summed E-state index contributed by atoms with van der Waals surface area (Å²) in [5.74, 6) is -0.767. The monoisotopic (exact) mass is 276 g/mol. The van der Waals surface area contributed by atoms with Crippen molar-refractivity contribution in [3.8, 4) is 0 Å². The maximum Gasteiger partial charge on any atom is 0.336 e. The van der Waals surface area contributed by atoms with Gasteiger partial charge in [0.15, 0.2) is 0 Å². The van der Waals surface area contributed by atoms with E-state index < -0.39 is 5.97 Å². The largest absolute Gasteiger partial charge is 0.478 e. The zero-order valence-electron chi connectivity index (χ0n) is 13.2. The van der Waals surface area contributed by atoms with Crippen LogP contribution in [0, 0.1) is 6.92 Å². The zero-order chi connectivity index (χ0) is 15.0. The Hall–Kier alpha value is -1.31. The topological polar surface area (TPSA) is 37.3 Å². The lowest BCUT2D eigenvalue weighted by Gasteiger charge is -2.13. The number of benzene rings is 1. The average Bonchev–Trinajstić information content (AvgIpc) is 2.38. The van der Waals surface area contributed by atoms with Crippen LogP contribution in [0.25, 0.3) is 0 Å². The molecule has 1 aromatic rings. The molecule has 1 aromatic carbocycles. The molecular weight excluding hydrogens is 248 g/mol. The second-order valence-electron chi connectivity index (χ2n) is 5.68. The van der Waals surface area contributed by atoms with Gasteiger partial charge in [-0.3, -0.25) is 0 Å². The fraction of sp³-hybridized carbons (Fsp3) is 0.611. The van der Waals surface area contributed by atoms with Crippen LogP contribution in [0.4, 0.5) is 0 Å². The van der Waals surface area contributed by atoms with Gasteiger partial charge in [-0.25, -0.2) is 4.79 Å². The highest BCUT2D eigenvalue weighted by atomic mass is 16.4. The van der Waals surface area contributed by atoms with E-state index in [1.807, 2.05) is 6.07 Å². The molecule has 2 nitrogen and oxygen atoms in total. The third kappa shape index (κ3) is 4.99. The van der Waals surface area contributed by atoms with Gasteiger partial charge in [-0.15, -0.1) is 0 Å². The van der Waals surface area contributed by atoms with Gasteiger partial charge in [0.1, 0.15) is 0 Å². The van der Waals surface area contributed by atoms with E-state index in [0.717, 1.165) is 36.8 Å². The van der Waals surface area contributed by atoms with Gasteiger partial charge in [-0.2, -0.15) is 0 Å². The Kier molecular flexibility index (Phi) is 7.35. The van der Waals surface area contributed by atoms with E-state index in [1.54, 1.807) is 0 Å². The molecule has 0 aliphatic heterocycles. The standard InChI is InChI=1S/C18H28O2/c1-4-6-7-8-9-11-16-13-14(3)12-15(10-5-2)17(16)18(19)20/h12-13H,4-11H2,1-3H3,(H,19,20). The Labute approximate surface area is 123 Å². The van der Waals surface area contributed by atoms with Crippen LogP contribution in [-0.4, -0.2) is 11.1 Å². The van der Waals surface area contributed by atoms with Crippen LogP contribution in [0.2, 0.25) is 0 Å². The third-order valence-electron chi connectivity index (χ3n) is 3.73. The smallest absolute Gasteiger partial charge is 0.336 e. The number of aromatic carboxylic acids is 1. The van der Waals surface area contributed by atoms with Gasteiger partial charge in [0.05, 0.1) is 5.56 Å². The summed E-state index contributed by atoms with van der Waals surface area (Å²) in [7, 11) is 0. The van der Waals surface area contributed by atoms with Crippen LogP contribution in [0.15, 0.2) is 12.1 Å². The lowest BCUT2D eigenvalue weighted by molar-refractivity contribution is 0.0694. The average molecular weight is 276 g/mol. The fourth-order valence-electron chi connectivity index (χ4n) is 2.80. The van der Waals surface area contributed by atoms with Gasteiger partial charge in [0, 0.05) is 0 Å². The summed E-state index contributed by atoms with van der Waals surface area (Å²) in [6, 6.07) is 4.09. The highest BCUT2D eigenvalue weighted by Gasteiger charge is 2.15. The molecule has 0 fully saturated rings. The van der Waals surface area contributed by atoms with Crippen LogP contribution in [0.1, 0.15) is 79.4 Å². The third-order valence-corrected chi connectivity index (χ3v) is 3.73. The van der Waals surface area contributed by atoms with Crippen LogP contribution in [-0.2, 0) is 12.8 Å². The summed E-state index contributed by atoms with van der Waals surface area (Å²) >= 11 is 0. The number of rotatable bonds is 9. The quantitative estimate of drug-likeness (QED) is 0.633. The van der Waals surface area contributed by atoms with Crippen molar-refractivity contribution in [3.05, 3.63) is 34.4 Å². The van der Waals surface area contributed by atoms with Crippen molar-refractivity contribution >= 4 is 5.97 Å². The Balaban J connectivity index is 2.84. The van der Waals surface area contributed by atoms with Crippen molar-refractivity contribution in [3.63, 3.8) is 0 Å². The molecule has 0 aliphatic carbocycles. The molecule has 0 spiro atoms. The SMILES string of the molecule is CCCCCCCc1cc(C)cc(CCC)c1C(=O)O. The highest BCUT2D eigenvalue weighted by molar-refractivity contribution is 5.91. The van der Waals surface area contributed by atoms with Crippen LogP contribution in [0.3, 0.4) is 0 Å². The number of hydrogen-bond donors (Lipinski definition) is 1. The summed E-state index contributed by atoms with van der Waals surface area (Å²) in [4.78, 5) is 11.6. The van der Waals surface area contributed by atoms with E-state index in [9.17, 15) is 9.90 Å². The van der Waals surface area contributed by atoms with Crippen LogP contribution in [0.5, 0.6) is 0 Å². The Morgan fingerprint density at radius 3 is 2.10 bits per heavy atom. The maximum atomic E-state index is 11.6. The molecule has 0 amide bonds. The molecule has 0 unspecified atom stereocenters. The minimum atomic E-state index is -0.767. The molecule has 0 atom stereocenters. The van der Waals surface area contributed by atoms with Gasteiger partial charge in [-0.05, 0) is 37.3 Å². The number of carboxylic acids is 1. The second-order valence-corrected chi connectivity index (χ2v) is 5.68. The van der Waals surface area contributed by atoms with Crippen molar-refractivity contribution in [1.29, 1.82) is 0 Å². The minimum Gasteiger partial charge on any atom is -0.478 e. The molecule has 0 heterocycles. The number of unbranched alkanes of at least 4 members (excludes halogenated alkanes) is 4. The van der Waals surface area contributed by atoms with E-state index in [2.05, 4.69) is 26.8 Å². The molecule has 1 rings (SSSR count). The van der Waals surface area contributed by atoms with Crippen LogP contribution >= 0.6 is 0 Å². The molecule has 0 saturated heterocycles. The summed E-state index contributed by atoms with van der Waals surface area (Å²) in [6.07, 6.45) is 8.80. The molecule has 1 N–H and O–H groups in total. The first kappa shape index (κ1) is 16.7. The number of carbonyl (C=O) groups is 1.